The van der Waals surface area contributed by atoms with Crippen LogP contribution in [0.4, 0.5) is 5.82 Å². The predicted molar refractivity (Wildman–Crippen MR) is 86.6 cm³/mol. The molecule has 0 spiro atoms. The summed E-state index contributed by atoms with van der Waals surface area (Å²) >= 11 is 0. The summed E-state index contributed by atoms with van der Waals surface area (Å²) in [6.07, 6.45) is 3.32. The van der Waals surface area contributed by atoms with Crippen LogP contribution in [0.25, 0.3) is 0 Å². The number of nitrogens with zero attached hydrogens (tertiary/aromatic N) is 1. The van der Waals surface area contributed by atoms with Crippen molar-refractivity contribution in [3.05, 3.63) is 23.4 Å². The van der Waals surface area contributed by atoms with E-state index in [4.69, 9.17) is 0 Å². The summed E-state index contributed by atoms with van der Waals surface area (Å²) in [6.45, 7) is 9.40. The maximum Gasteiger partial charge on any atom is 0.251 e. The lowest BCUT2D eigenvalue weighted by Gasteiger charge is -2.20. The number of hydrogen-bond donors (Lipinski definition) is 2. The Bertz CT molecular complexity index is 501. The van der Waals surface area contributed by atoms with Crippen LogP contribution in [0.5, 0.6) is 0 Å². The fourth-order valence-electron chi connectivity index (χ4n) is 2.96. The van der Waals surface area contributed by atoms with Crippen LogP contribution in [0, 0.1) is 18.8 Å². The fourth-order valence-corrected chi connectivity index (χ4v) is 2.96. The van der Waals surface area contributed by atoms with Crippen LogP contribution in [0.1, 0.15) is 56.1 Å². The molecular formula is C17H27N3O. The van der Waals surface area contributed by atoms with Crippen LogP contribution < -0.4 is 10.6 Å². The Hall–Kier alpha value is -1.58. The summed E-state index contributed by atoms with van der Waals surface area (Å²) in [5.74, 6) is 2.05. The minimum absolute atomic E-state index is 0.0194. The highest BCUT2D eigenvalue weighted by molar-refractivity contribution is 5.95. The number of carbonyl (C=O) groups is 1. The number of rotatable bonds is 5. The molecule has 1 aliphatic carbocycles. The molecule has 1 heterocycles. The van der Waals surface area contributed by atoms with Crippen LogP contribution in [0.2, 0.25) is 0 Å². The summed E-state index contributed by atoms with van der Waals surface area (Å²) in [7, 11) is 0. The molecule has 4 nitrogen and oxygen atoms in total. The first-order chi connectivity index (χ1) is 10.0. The van der Waals surface area contributed by atoms with E-state index in [1.165, 1.54) is 6.42 Å². The maximum absolute atomic E-state index is 12.5. The molecule has 1 aromatic rings. The van der Waals surface area contributed by atoms with Gasteiger partial charge in [-0.05, 0) is 50.2 Å². The average molecular weight is 289 g/mol. The first-order valence-electron chi connectivity index (χ1n) is 8.04. The Balaban J connectivity index is 2.06. The molecule has 3 unspecified atom stereocenters. The van der Waals surface area contributed by atoms with Gasteiger partial charge in [0.25, 0.3) is 5.91 Å². The van der Waals surface area contributed by atoms with E-state index in [-0.39, 0.29) is 5.91 Å². The van der Waals surface area contributed by atoms with Crippen LogP contribution in [0.3, 0.4) is 0 Å². The van der Waals surface area contributed by atoms with Gasteiger partial charge in [0.05, 0.1) is 0 Å². The van der Waals surface area contributed by atoms with Gasteiger partial charge in [0, 0.05) is 23.8 Å². The van der Waals surface area contributed by atoms with E-state index in [1.807, 2.05) is 19.1 Å². The largest absolute Gasteiger partial charge is 0.370 e. The van der Waals surface area contributed by atoms with Gasteiger partial charge in [0.15, 0.2) is 0 Å². The molecule has 0 aliphatic heterocycles. The molecule has 1 amide bonds. The van der Waals surface area contributed by atoms with Gasteiger partial charge < -0.3 is 10.6 Å². The SMILES string of the molecule is CCCNc1cc(C(=O)NC2CCC(C)C2C)cc(C)n1. The molecule has 2 rings (SSSR count). The molecule has 0 aromatic carbocycles. The molecule has 4 heteroatoms. The lowest BCUT2D eigenvalue weighted by atomic mass is 9.97. The maximum atomic E-state index is 12.5. The molecule has 2 N–H and O–H groups in total. The van der Waals surface area contributed by atoms with E-state index in [9.17, 15) is 4.79 Å². The summed E-state index contributed by atoms with van der Waals surface area (Å²) in [6, 6.07) is 4.00. The second-order valence-corrected chi connectivity index (χ2v) is 6.30. The number of carbonyl (C=O) groups excluding carboxylic acids is 1. The Kier molecular flexibility index (Phi) is 5.21. The number of amides is 1. The van der Waals surface area contributed by atoms with Crippen molar-refractivity contribution in [2.45, 2.75) is 53.0 Å². The lowest BCUT2D eigenvalue weighted by molar-refractivity contribution is 0.0927. The van der Waals surface area contributed by atoms with Crippen molar-refractivity contribution >= 4 is 11.7 Å². The van der Waals surface area contributed by atoms with Crippen molar-refractivity contribution in [3.63, 3.8) is 0 Å². The van der Waals surface area contributed by atoms with E-state index < -0.39 is 0 Å². The van der Waals surface area contributed by atoms with Gasteiger partial charge in [-0.2, -0.15) is 0 Å². The highest BCUT2D eigenvalue weighted by atomic mass is 16.1. The standard InChI is InChI=1S/C17H27N3O/c1-5-8-18-16-10-14(9-12(3)19-16)17(21)20-15-7-6-11(2)13(15)4/h9-11,13,15H,5-8H2,1-4H3,(H,18,19)(H,20,21). The van der Waals surface area contributed by atoms with Crippen molar-refractivity contribution in [3.8, 4) is 0 Å². The third kappa shape index (κ3) is 3.96. The number of aryl methyl sites for hydroxylation is 1. The molecule has 1 saturated carbocycles. The monoisotopic (exact) mass is 289 g/mol. The molecule has 116 valence electrons. The van der Waals surface area contributed by atoms with Crippen LogP contribution in [-0.2, 0) is 0 Å². The normalized spacial score (nSPS) is 24.9. The van der Waals surface area contributed by atoms with E-state index in [0.717, 1.165) is 30.9 Å². The lowest BCUT2D eigenvalue weighted by Crippen LogP contribution is -2.37. The summed E-state index contributed by atoms with van der Waals surface area (Å²) in [5, 5.41) is 6.44. The minimum atomic E-state index is 0.0194. The van der Waals surface area contributed by atoms with Crippen molar-refractivity contribution in [2.24, 2.45) is 11.8 Å². The van der Waals surface area contributed by atoms with Gasteiger partial charge >= 0.3 is 0 Å². The number of nitrogens with one attached hydrogen (secondary N) is 2. The third-order valence-electron chi connectivity index (χ3n) is 4.55. The van der Waals surface area contributed by atoms with Gasteiger partial charge in [-0.25, -0.2) is 4.98 Å². The third-order valence-corrected chi connectivity index (χ3v) is 4.55. The second kappa shape index (κ2) is 6.92. The molecule has 0 saturated heterocycles. The molecule has 1 aromatic heterocycles. The van der Waals surface area contributed by atoms with Crippen molar-refractivity contribution in [2.75, 3.05) is 11.9 Å². The topological polar surface area (TPSA) is 54.0 Å². The molecule has 1 aliphatic rings. The van der Waals surface area contributed by atoms with E-state index in [2.05, 4.69) is 36.4 Å². The van der Waals surface area contributed by atoms with Gasteiger partial charge in [-0.3, -0.25) is 4.79 Å². The second-order valence-electron chi connectivity index (χ2n) is 6.30. The quantitative estimate of drug-likeness (QED) is 0.873. The fraction of sp³-hybridized carbons (Fsp3) is 0.647. The van der Waals surface area contributed by atoms with Crippen LogP contribution in [-0.4, -0.2) is 23.5 Å². The molecule has 0 radical (unpaired) electrons. The molecule has 3 atom stereocenters. The first kappa shape index (κ1) is 15.8. The highest BCUT2D eigenvalue weighted by Crippen LogP contribution is 2.31. The predicted octanol–water partition coefficient (Wildman–Crippen LogP) is 3.38. The van der Waals surface area contributed by atoms with Crippen molar-refractivity contribution < 1.29 is 4.79 Å². The van der Waals surface area contributed by atoms with E-state index in [0.29, 0.717) is 23.4 Å². The Morgan fingerprint density at radius 1 is 1.33 bits per heavy atom. The zero-order chi connectivity index (χ0) is 15.4. The summed E-state index contributed by atoms with van der Waals surface area (Å²) in [4.78, 5) is 16.9. The Morgan fingerprint density at radius 2 is 2.10 bits per heavy atom. The zero-order valence-corrected chi connectivity index (χ0v) is 13.6. The molecule has 0 bridgehead atoms. The van der Waals surface area contributed by atoms with Gasteiger partial charge in [-0.1, -0.05) is 20.8 Å². The highest BCUT2D eigenvalue weighted by Gasteiger charge is 2.30. The number of hydrogen-bond acceptors (Lipinski definition) is 3. The van der Waals surface area contributed by atoms with Gasteiger partial charge in [0.1, 0.15) is 5.82 Å². The van der Waals surface area contributed by atoms with E-state index in [1.54, 1.807) is 0 Å². The van der Waals surface area contributed by atoms with Crippen molar-refractivity contribution in [1.29, 1.82) is 0 Å². The van der Waals surface area contributed by atoms with Gasteiger partial charge in [0.2, 0.25) is 0 Å². The Labute approximate surface area is 127 Å². The smallest absolute Gasteiger partial charge is 0.251 e. The van der Waals surface area contributed by atoms with E-state index >= 15 is 0 Å². The van der Waals surface area contributed by atoms with Crippen LogP contribution in [0.15, 0.2) is 12.1 Å². The summed E-state index contributed by atoms with van der Waals surface area (Å²) in [5.41, 5.74) is 1.57. The summed E-state index contributed by atoms with van der Waals surface area (Å²) < 4.78 is 0. The number of aromatic nitrogens is 1. The number of pyridine rings is 1. The van der Waals surface area contributed by atoms with Crippen molar-refractivity contribution in [1.82, 2.24) is 10.3 Å². The first-order valence-corrected chi connectivity index (χ1v) is 8.04. The number of anilines is 1. The minimum Gasteiger partial charge on any atom is -0.370 e. The molecular weight excluding hydrogens is 262 g/mol. The molecule has 21 heavy (non-hydrogen) atoms. The Morgan fingerprint density at radius 3 is 2.71 bits per heavy atom. The van der Waals surface area contributed by atoms with Crippen LogP contribution >= 0.6 is 0 Å². The molecule has 1 fully saturated rings. The van der Waals surface area contributed by atoms with Gasteiger partial charge in [-0.15, -0.1) is 0 Å². The average Bonchev–Trinajstić information content (AvgIpc) is 2.76. The zero-order valence-electron chi connectivity index (χ0n) is 13.6.